The van der Waals surface area contributed by atoms with Crippen molar-refractivity contribution in [3.63, 3.8) is 0 Å². The summed E-state index contributed by atoms with van der Waals surface area (Å²) in [6, 6.07) is 10.5. The number of aryl methyl sites for hydroxylation is 1. The van der Waals surface area contributed by atoms with Crippen LogP contribution in [0, 0.1) is 17.3 Å². The Morgan fingerprint density at radius 2 is 1.87 bits per heavy atom. The Labute approximate surface area is 140 Å². The number of rotatable bonds is 8. The van der Waals surface area contributed by atoms with E-state index in [1.165, 1.54) is 12.0 Å². The molecule has 3 atom stereocenters. The highest BCUT2D eigenvalue weighted by Gasteiger charge is 2.39. The van der Waals surface area contributed by atoms with E-state index in [1.54, 1.807) is 0 Å². The minimum atomic E-state index is -0.655. The predicted octanol–water partition coefficient (Wildman–Crippen LogP) is 4.13. The molecule has 0 bridgehead atoms. The fourth-order valence-electron chi connectivity index (χ4n) is 4.50. The van der Waals surface area contributed by atoms with Gasteiger partial charge in [-0.2, -0.15) is 0 Å². The van der Waals surface area contributed by atoms with Crippen LogP contribution in [0.3, 0.4) is 0 Å². The van der Waals surface area contributed by atoms with E-state index in [-0.39, 0.29) is 5.41 Å². The van der Waals surface area contributed by atoms with Crippen molar-refractivity contribution in [1.82, 2.24) is 5.32 Å². The summed E-state index contributed by atoms with van der Waals surface area (Å²) in [5, 5.41) is 12.9. The maximum absolute atomic E-state index is 11.3. The van der Waals surface area contributed by atoms with E-state index in [0.29, 0.717) is 18.3 Å². The molecule has 2 rings (SSSR count). The molecule has 0 saturated heterocycles. The number of hydrogen-bond acceptors (Lipinski definition) is 2. The van der Waals surface area contributed by atoms with Crippen LogP contribution >= 0.6 is 0 Å². The van der Waals surface area contributed by atoms with Crippen LogP contribution in [0.5, 0.6) is 0 Å². The second kappa shape index (κ2) is 8.49. The highest BCUT2D eigenvalue weighted by Crippen LogP contribution is 2.44. The summed E-state index contributed by atoms with van der Waals surface area (Å²) in [5.74, 6) is 0.603. The van der Waals surface area contributed by atoms with Gasteiger partial charge in [-0.3, -0.25) is 4.79 Å². The van der Waals surface area contributed by atoms with E-state index in [9.17, 15) is 9.90 Å². The molecule has 1 aromatic rings. The van der Waals surface area contributed by atoms with Gasteiger partial charge in [-0.05, 0) is 61.5 Å². The zero-order chi connectivity index (χ0) is 16.7. The Balaban J connectivity index is 1.80. The number of nitrogens with one attached hydrogen (secondary N) is 1. The highest BCUT2D eigenvalue weighted by atomic mass is 16.4. The lowest BCUT2D eigenvalue weighted by molar-refractivity contribution is -0.140. The molecule has 0 spiro atoms. The van der Waals surface area contributed by atoms with Gasteiger partial charge < -0.3 is 10.4 Å². The molecular formula is C20H31NO2. The summed E-state index contributed by atoms with van der Waals surface area (Å²) in [6.07, 6.45) is 5.78. The van der Waals surface area contributed by atoms with Crippen LogP contribution < -0.4 is 5.32 Å². The fourth-order valence-corrected chi connectivity index (χ4v) is 4.50. The molecule has 1 fully saturated rings. The summed E-state index contributed by atoms with van der Waals surface area (Å²) >= 11 is 0. The Bertz CT molecular complexity index is 476. The van der Waals surface area contributed by atoms with Gasteiger partial charge in [0.25, 0.3) is 0 Å². The van der Waals surface area contributed by atoms with Crippen molar-refractivity contribution < 1.29 is 9.90 Å². The van der Waals surface area contributed by atoms with Gasteiger partial charge in [0.05, 0.1) is 6.42 Å². The SMILES string of the molecule is C[C@@H]1C[C@H](C)C[C@@](CNCCCc2ccccc2)(CC(=O)O)C1. The van der Waals surface area contributed by atoms with Crippen molar-refractivity contribution in [1.29, 1.82) is 0 Å². The maximum atomic E-state index is 11.3. The van der Waals surface area contributed by atoms with E-state index >= 15 is 0 Å². The molecule has 1 saturated carbocycles. The standard InChI is InChI=1S/C20H31NO2/c1-16-11-17(2)13-20(12-16,14-19(22)23)15-21-10-6-9-18-7-4-3-5-8-18/h3-5,7-8,16-17,21H,6,9-15H2,1-2H3,(H,22,23)/t16-,17+,20-. The minimum absolute atomic E-state index is 0.0599. The Hall–Kier alpha value is -1.35. The van der Waals surface area contributed by atoms with Crippen LogP contribution in [-0.2, 0) is 11.2 Å². The van der Waals surface area contributed by atoms with Crippen LogP contribution in [-0.4, -0.2) is 24.2 Å². The average molecular weight is 317 g/mol. The number of carboxylic acid groups (broad SMARTS) is 1. The van der Waals surface area contributed by atoms with E-state index < -0.39 is 5.97 Å². The van der Waals surface area contributed by atoms with Crippen LogP contribution in [0.4, 0.5) is 0 Å². The van der Waals surface area contributed by atoms with Crippen molar-refractivity contribution in [3.05, 3.63) is 35.9 Å². The summed E-state index contributed by atoms with van der Waals surface area (Å²) in [7, 11) is 0. The largest absolute Gasteiger partial charge is 0.481 e. The molecule has 0 heterocycles. The van der Waals surface area contributed by atoms with Crippen LogP contribution in [0.1, 0.15) is 51.5 Å². The molecule has 0 amide bonds. The van der Waals surface area contributed by atoms with E-state index in [1.807, 2.05) is 6.07 Å². The monoisotopic (exact) mass is 317 g/mol. The van der Waals surface area contributed by atoms with Crippen molar-refractivity contribution in [2.75, 3.05) is 13.1 Å². The van der Waals surface area contributed by atoms with Crippen LogP contribution in [0.2, 0.25) is 0 Å². The number of benzene rings is 1. The van der Waals surface area contributed by atoms with Gasteiger partial charge in [-0.1, -0.05) is 44.2 Å². The average Bonchev–Trinajstić information content (AvgIpc) is 2.46. The summed E-state index contributed by atoms with van der Waals surface area (Å²) in [4.78, 5) is 11.3. The van der Waals surface area contributed by atoms with E-state index in [4.69, 9.17) is 0 Å². The molecule has 3 nitrogen and oxygen atoms in total. The lowest BCUT2D eigenvalue weighted by atomic mass is 9.64. The summed E-state index contributed by atoms with van der Waals surface area (Å²) in [5.41, 5.74) is 1.31. The molecular weight excluding hydrogens is 286 g/mol. The van der Waals surface area contributed by atoms with Gasteiger partial charge in [0, 0.05) is 6.54 Å². The van der Waals surface area contributed by atoms with Gasteiger partial charge in [-0.25, -0.2) is 0 Å². The molecule has 0 unspecified atom stereocenters. The third-order valence-electron chi connectivity index (χ3n) is 5.06. The van der Waals surface area contributed by atoms with E-state index in [2.05, 4.69) is 43.4 Å². The molecule has 0 radical (unpaired) electrons. The molecule has 23 heavy (non-hydrogen) atoms. The fraction of sp³-hybridized carbons (Fsp3) is 0.650. The Kier molecular flexibility index (Phi) is 6.64. The normalized spacial score (nSPS) is 27.7. The van der Waals surface area contributed by atoms with Crippen molar-refractivity contribution in [2.24, 2.45) is 17.3 Å². The smallest absolute Gasteiger partial charge is 0.303 e. The molecule has 1 aliphatic rings. The van der Waals surface area contributed by atoms with Crippen molar-refractivity contribution in [3.8, 4) is 0 Å². The summed E-state index contributed by atoms with van der Waals surface area (Å²) in [6.45, 7) is 6.32. The molecule has 1 aliphatic carbocycles. The zero-order valence-electron chi connectivity index (χ0n) is 14.6. The van der Waals surface area contributed by atoms with Crippen LogP contribution in [0.15, 0.2) is 30.3 Å². The molecule has 2 N–H and O–H groups in total. The second-order valence-electron chi connectivity index (χ2n) is 7.69. The van der Waals surface area contributed by atoms with Gasteiger partial charge in [-0.15, -0.1) is 0 Å². The maximum Gasteiger partial charge on any atom is 0.303 e. The zero-order valence-corrected chi connectivity index (χ0v) is 14.6. The third-order valence-corrected chi connectivity index (χ3v) is 5.06. The van der Waals surface area contributed by atoms with Gasteiger partial charge in [0.2, 0.25) is 0 Å². The highest BCUT2D eigenvalue weighted by molar-refractivity contribution is 5.67. The third kappa shape index (κ3) is 5.98. The Morgan fingerprint density at radius 3 is 2.48 bits per heavy atom. The first-order valence-electron chi connectivity index (χ1n) is 8.95. The van der Waals surface area contributed by atoms with Gasteiger partial charge >= 0.3 is 5.97 Å². The number of aliphatic carboxylic acids is 1. The summed E-state index contributed by atoms with van der Waals surface area (Å²) < 4.78 is 0. The lowest BCUT2D eigenvalue weighted by Crippen LogP contribution is -2.42. The molecule has 128 valence electrons. The number of hydrogen-bond donors (Lipinski definition) is 2. The first kappa shape index (κ1) is 18.0. The van der Waals surface area contributed by atoms with Crippen LogP contribution in [0.25, 0.3) is 0 Å². The lowest BCUT2D eigenvalue weighted by Gasteiger charge is -2.42. The second-order valence-corrected chi connectivity index (χ2v) is 7.69. The van der Waals surface area contributed by atoms with Gasteiger partial charge in [0.15, 0.2) is 0 Å². The number of carbonyl (C=O) groups is 1. The molecule has 1 aromatic carbocycles. The molecule has 0 aliphatic heterocycles. The number of carboxylic acids is 1. The van der Waals surface area contributed by atoms with E-state index in [0.717, 1.165) is 38.8 Å². The van der Waals surface area contributed by atoms with Crippen molar-refractivity contribution >= 4 is 5.97 Å². The quantitative estimate of drug-likeness (QED) is 0.709. The molecule has 3 heteroatoms. The predicted molar refractivity (Wildman–Crippen MR) is 94.5 cm³/mol. The van der Waals surface area contributed by atoms with Crippen molar-refractivity contribution in [2.45, 2.75) is 52.4 Å². The molecule has 0 aromatic heterocycles. The Morgan fingerprint density at radius 1 is 1.22 bits per heavy atom. The topological polar surface area (TPSA) is 49.3 Å². The van der Waals surface area contributed by atoms with Gasteiger partial charge in [0.1, 0.15) is 0 Å². The first-order chi connectivity index (χ1) is 11.0. The first-order valence-corrected chi connectivity index (χ1v) is 8.95. The minimum Gasteiger partial charge on any atom is -0.481 e.